The molecule has 0 radical (unpaired) electrons. The van der Waals surface area contributed by atoms with Crippen molar-refractivity contribution in [1.82, 2.24) is 0 Å². The number of hydrogen-bond donors (Lipinski definition) is 3. The van der Waals surface area contributed by atoms with E-state index in [0.717, 1.165) is 141 Å². The van der Waals surface area contributed by atoms with Gasteiger partial charge in [0, 0.05) is 25.7 Å². The number of aliphatic hydroxyl groups is 1. The van der Waals surface area contributed by atoms with Crippen LogP contribution in [0, 0.1) is 0 Å². The number of carbonyl (C=O) groups is 4. The van der Waals surface area contributed by atoms with E-state index in [-0.39, 0.29) is 25.7 Å². The molecule has 0 aliphatic heterocycles. The Kier molecular flexibility index (Phi) is 72.5. The zero-order chi connectivity index (χ0) is 73.2. The first kappa shape index (κ1) is 97.3. The van der Waals surface area contributed by atoms with Gasteiger partial charge >= 0.3 is 39.5 Å². The molecule has 0 fully saturated rings. The minimum Gasteiger partial charge on any atom is -0.462 e. The third kappa shape index (κ3) is 73.6. The van der Waals surface area contributed by atoms with Gasteiger partial charge in [-0.15, -0.1) is 0 Å². The van der Waals surface area contributed by atoms with Crippen molar-refractivity contribution in [1.29, 1.82) is 0 Å². The first-order valence-electron chi connectivity index (χ1n) is 41.2. The third-order valence-electron chi connectivity index (χ3n) is 18.1. The predicted molar refractivity (Wildman–Crippen MR) is 409 cm³/mol. The largest absolute Gasteiger partial charge is 0.472 e. The van der Waals surface area contributed by atoms with Crippen LogP contribution in [0.2, 0.25) is 0 Å². The van der Waals surface area contributed by atoms with Crippen molar-refractivity contribution in [2.75, 3.05) is 39.6 Å². The molecule has 588 valence electrons. The van der Waals surface area contributed by atoms with E-state index in [9.17, 15) is 43.2 Å². The number of hydrogen-bond acceptors (Lipinski definition) is 15. The van der Waals surface area contributed by atoms with Crippen LogP contribution in [0.25, 0.3) is 0 Å². The summed E-state index contributed by atoms with van der Waals surface area (Å²) in [5, 5.41) is 10.6. The number of unbranched alkanes of at least 4 members (excludes halogenated alkanes) is 47. The predicted octanol–water partition coefficient (Wildman–Crippen LogP) is 23.9. The molecule has 0 aromatic rings. The van der Waals surface area contributed by atoms with Crippen LogP contribution in [0.1, 0.15) is 400 Å². The zero-order valence-corrected chi connectivity index (χ0v) is 66.2. The molecular formula is C81H152O17P2. The van der Waals surface area contributed by atoms with Crippen LogP contribution in [0.15, 0.2) is 36.5 Å². The molecule has 17 nitrogen and oxygen atoms in total. The standard InChI is InChI=1S/C81H152O17P2/c1-5-9-13-17-21-25-29-33-37-41-45-49-53-57-61-65-78(83)91-71-76(97-80(85)67-63-59-55-51-47-43-39-35-31-27-23-19-15-11-7-3)73-95-99(87,88)93-69-75(82)70-94-100(89,90)96-74-77(98-81(86)68-64-60-56-52-48-44-40-36-32-28-24-20-16-12-8-4)72-92-79(84)66-62-58-54-50-46-42-38-34-30-26-22-18-14-10-6-2/h33-35,37-39,75-77,82H,5-32,36,40-74H2,1-4H3,(H,87,88)(H,89,90)/b37-33-,38-34-,39-35-/t75-,76-,77-/m1/s1. The number of phosphoric ester groups is 2. The molecule has 3 N–H and O–H groups in total. The topological polar surface area (TPSA) is 237 Å². The lowest BCUT2D eigenvalue weighted by Gasteiger charge is -2.21. The molecule has 0 aliphatic carbocycles. The van der Waals surface area contributed by atoms with Gasteiger partial charge in [0.15, 0.2) is 12.2 Å². The Balaban J connectivity index is 5.32. The van der Waals surface area contributed by atoms with E-state index in [0.29, 0.717) is 25.7 Å². The van der Waals surface area contributed by atoms with Crippen molar-refractivity contribution >= 4 is 39.5 Å². The highest BCUT2D eigenvalue weighted by Crippen LogP contribution is 2.45. The van der Waals surface area contributed by atoms with Gasteiger partial charge in [-0.1, -0.05) is 308 Å². The average molecular weight is 1460 g/mol. The molecule has 0 aromatic carbocycles. The fraction of sp³-hybridized carbons (Fsp3) is 0.877. The molecule has 0 rings (SSSR count). The van der Waals surface area contributed by atoms with E-state index in [1.54, 1.807) is 0 Å². The van der Waals surface area contributed by atoms with Crippen molar-refractivity contribution in [3.63, 3.8) is 0 Å². The molecular weight excluding hydrogens is 1310 g/mol. The molecule has 0 aliphatic rings. The summed E-state index contributed by atoms with van der Waals surface area (Å²) < 4.78 is 68.7. The van der Waals surface area contributed by atoms with Gasteiger partial charge in [-0.3, -0.25) is 37.3 Å². The van der Waals surface area contributed by atoms with Gasteiger partial charge in [-0.2, -0.15) is 0 Å². The summed E-state index contributed by atoms with van der Waals surface area (Å²) >= 11 is 0. The summed E-state index contributed by atoms with van der Waals surface area (Å²) in [5.74, 6) is -2.16. The quantitative estimate of drug-likeness (QED) is 0.0169. The first-order valence-corrected chi connectivity index (χ1v) is 44.2. The van der Waals surface area contributed by atoms with E-state index in [1.165, 1.54) is 180 Å². The summed E-state index contributed by atoms with van der Waals surface area (Å²) in [6, 6.07) is 0. The Hall–Kier alpha value is -2.72. The van der Waals surface area contributed by atoms with Gasteiger partial charge in [0.25, 0.3) is 0 Å². The molecule has 0 aromatic heterocycles. The summed E-state index contributed by atoms with van der Waals surface area (Å²) in [4.78, 5) is 73.0. The molecule has 2 unspecified atom stereocenters. The van der Waals surface area contributed by atoms with E-state index in [2.05, 4.69) is 64.2 Å². The molecule has 100 heavy (non-hydrogen) atoms. The molecule has 0 heterocycles. The van der Waals surface area contributed by atoms with E-state index >= 15 is 0 Å². The van der Waals surface area contributed by atoms with Crippen LogP contribution < -0.4 is 0 Å². The Morgan fingerprint density at radius 1 is 0.270 bits per heavy atom. The second kappa shape index (κ2) is 74.5. The maximum atomic E-state index is 13.1. The number of ether oxygens (including phenoxy) is 4. The van der Waals surface area contributed by atoms with E-state index in [1.807, 2.05) is 0 Å². The van der Waals surface area contributed by atoms with Crippen LogP contribution in [0.5, 0.6) is 0 Å². The van der Waals surface area contributed by atoms with Crippen LogP contribution >= 0.6 is 15.6 Å². The number of rotatable bonds is 79. The normalized spacial score (nSPS) is 14.0. The Morgan fingerprint density at radius 2 is 0.460 bits per heavy atom. The smallest absolute Gasteiger partial charge is 0.462 e. The van der Waals surface area contributed by atoms with Crippen molar-refractivity contribution in [3.05, 3.63) is 36.5 Å². The second-order valence-corrected chi connectivity index (χ2v) is 31.0. The summed E-state index contributed by atoms with van der Waals surface area (Å²) in [5.41, 5.74) is 0. The summed E-state index contributed by atoms with van der Waals surface area (Å²) in [7, 11) is -9.94. The van der Waals surface area contributed by atoms with Crippen LogP contribution in [-0.4, -0.2) is 96.7 Å². The van der Waals surface area contributed by atoms with Gasteiger partial charge in [0.1, 0.15) is 19.3 Å². The second-order valence-electron chi connectivity index (χ2n) is 28.1. The molecule has 0 amide bonds. The Bertz CT molecular complexity index is 2040. The zero-order valence-electron chi connectivity index (χ0n) is 64.4. The number of allylic oxidation sites excluding steroid dienone is 6. The molecule has 5 atom stereocenters. The maximum absolute atomic E-state index is 13.1. The minimum absolute atomic E-state index is 0.0898. The molecule has 0 saturated carbocycles. The number of phosphoric acid groups is 2. The minimum atomic E-state index is -4.97. The fourth-order valence-corrected chi connectivity index (χ4v) is 13.3. The SMILES string of the molecule is CCCCCCCC/C=C\CCCCCCCC(=O)OC[C@H](COP(=O)(O)OC[C@@H](O)COP(=O)(O)OC[C@@H](COC(=O)CCCCCCC/C=C\CCCCCCCC)OC(=O)CCCCCCCCCCCCCCCCC)OC(=O)CCCCCCC/C=C\CCCCCCCC. The molecule has 0 saturated heterocycles. The van der Waals surface area contributed by atoms with Gasteiger partial charge in [0.2, 0.25) is 0 Å². The Morgan fingerprint density at radius 3 is 0.690 bits per heavy atom. The number of esters is 4. The van der Waals surface area contributed by atoms with Gasteiger partial charge in [-0.05, 0) is 103 Å². The van der Waals surface area contributed by atoms with E-state index in [4.69, 9.17) is 37.0 Å². The average Bonchev–Trinajstić information content (AvgIpc) is 1.01. The molecule has 19 heteroatoms. The lowest BCUT2D eigenvalue weighted by atomic mass is 10.0. The van der Waals surface area contributed by atoms with E-state index < -0.39 is 97.5 Å². The number of aliphatic hydroxyl groups excluding tert-OH is 1. The Labute approximate surface area is 611 Å². The third-order valence-corrected chi connectivity index (χ3v) is 20.0. The van der Waals surface area contributed by atoms with Crippen molar-refractivity contribution in [3.8, 4) is 0 Å². The van der Waals surface area contributed by atoms with Crippen LogP contribution in [-0.2, 0) is 65.4 Å². The molecule has 0 bridgehead atoms. The van der Waals surface area contributed by atoms with Crippen molar-refractivity contribution in [2.45, 2.75) is 418 Å². The van der Waals surface area contributed by atoms with Crippen LogP contribution in [0.3, 0.4) is 0 Å². The van der Waals surface area contributed by atoms with Crippen molar-refractivity contribution in [2.24, 2.45) is 0 Å². The maximum Gasteiger partial charge on any atom is 0.472 e. The van der Waals surface area contributed by atoms with Crippen LogP contribution in [0.4, 0.5) is 0 Å². The van der Waals surface area contributed by atoms with Gasteiger partial charge < -0.3 is 33.8 Å². The fourth-order valence-electron chi connectivity index (χ4n) is 11.7. The van der Waals surface area contributed by atoms with Gasteiger partial charge in [-0.25, -0.2) is 9.13 Å². The van der Waals surface area contributed by atoms with Crippen molar-refractivity contribution < 1.29 is 80.2 Å². The summed E-state index contributed by atoms with van der Waals surface area (Å²) in [6.45, 7) is 4.94. The highest BCUT2D eigenvalue weighted by molar-refractivity contribution is 7.47. The number of carbonyl (C=O) groups excluding carboxylic acids is 4. The monoisotopic (exact) mass is 1460 g/mol. The van der Waals surface area contributed by atoms with Gasteiger partial charge in [0.05, 0.1) is 26.4 Å². The lowest BCUT2D eigenvalue weighted by molar-refractivity contribution is -0.161. The summed E-state index contributed by atoms with van der Waals surface area (Å²) in [6.07, 6.45) is 71.1. The highest BCUT2D eigenvalue weighted by atomic mass is 31.2. The molecule has 0 spiro atoms. The lowest BCUT2D eigenvalue weighted by Crippen LogP contribution is -2.30. The first-order chi connectivity index (χ1) is 48.7. The highest BCUT2D eigenvalue weighted by Gasteiger charge is 2.30.